The van der Waals surface area contributed by atoms with Crippen molar-refractivity contribution >= 4 is 5.97 Å². The Morgan fingerprint density at radius 1 is 1.14 bits per heavy atom. The molecule has 72 valence electrons. The zero-order chi connectivity index (χ0) is 9.97. The van der Waals surface area contributed by atoms with Crippen LogP contribution in [0.5, 0.6) is 0 Å². The Labute approximate surface area is 82.9 Å². The molecule has 2 heteroatoms. The summed E-state index contributed by atoms with van der Waals surface area (Å²) in [6.07, 6.45) is 4.06. The van der Waals surface area contributed by atoms with Crippen LogP contribution in [0.4, 0.5) is 0 Å². The van der Waals surface area contributed by atoms with Gasteiger partial charge in [0.05, 0.1) is 0 Å². The normalized spacial score (nSPS) is 15.3. The number of hydrogen-bond acceptors (Lipinski definition) is 1. The monoisotopic (exact) mass is 188 g/mol. The minimum atomic E-state index is -0.780. The Hall–Kier alpha value is -1.57. The fraction of sp³-hybridized carbons (Fsp3) is 0.250. The largest absolute Gasteiger partial charge is 0.478 e. The summed E-state index contributed by atoms with van der Waals surface area (Å²) in [4.78, 5) is 10.8. The molecule has 0 spiro atoms. The van der Waals surface area contributed by atoms with Gasteiger partial charge in [0.15, 0.2) is 0 Å². The van der Waals surface area contributed by atoms with Gasteiger partial charge >= 0.3 is 5.97 Å². The van der Waals surface area contributed by atoms with Gasteiger partial charge in [-0.05, 0) is 30.4 Å². The number of carboxylic acid groups (broad SMARTS) is 1. The molecule has 1 aromatic carbocycles. The number of hydrogen-bond donors (Lipinski definition) is 1. The van der Waals surface area contributed by atoms with E-state index in [1.807, 2.05) is 18.2 Å². The van der Waals surface area contributed by atoms with Crippen molar-refractivity contribution in [1.29, 1.82) is 0 Å². The van der Waals surface area contributed by atoms with E-state index in [-0.39, 0.29) is 0 Å². The number of benzene rings is 1. The van der Waals surface area contributed by atoms with Gasteiger partial charge in [-0.3, -0.25) is 0 Å². The third-order valence-electron chi connectivity index (χ3n) is 2.63. The van der Waals surface area contributed by atoms with Crippen LogP contribution in [0.15, 0.2) is 35.9 Å². The summed E-state index contributed by atoms with van der Waals surface area (Å²) in [6.45, 7) is 0. The molecule has 0 unspecified atom stereocenters. The predicted octanol–water partition coefficient (Wildman–Crippen LogP) is 2.19. The highest BCUT2D eigenvalue weighted by Crippen LogP contribution is 2.19. The molecule has 0 aromatic heterocycles. The fourth-order valence-electron chi connectivity index (χ4n) is 1.80. The number of fused-ring (bicyclic) bond motifs is 1. The number of rotatable bonds is 1. The smallest absolute Gasteiger partial charge is 0.331 e. The SMILES string of the molecule is O=C(O)C1=CCc2ccccc2CC1. The van der Waals surface area contributed by atoms with Crippen LogP contribution in [0.2, 0.25) is 0 Å². The molecule has 1 aromatic rings. The van der Waals surface area contributed by atoms with Gasteiger partial charge in [-0.2, -0.15) is 0 Å². The van der Waals surface area contributed by atoms with Gasteiger partial charge < -0.3 is 5.11 Å². The number of carbonyl (C=O) groups is 1. The first-order valence-electron chi connectivity index (χ1n) is 4.76. The highest BCUT2D eigenvalue weighted by Gasteiger charge is 2.12. The van der Waals surface area contributed by atoms with Crippen molar-refractivity contribution in [2.75, 3.05) is 0 Å². The minimum Gasteiger partial charge on any atom is -0.478 e. The molecule has 0 bridgehead atoms. The Morgan fingerprint density at radius 2 is 1.86 bits per heavy atom. The molecule has 0 radical (unpaired) electrons. The molecule has 2 nitrogen and oxygen atoms in total. The van der Waals surface area contributed by atoms with Crippen LogP contribution < -0.4 is 0 Å². The highest BCUT2D eigenvalue weighted by atomic mass is 16.4. The molecule has 1 aliphatic carbocycles. The molecular weight excluding hydrogens is 176 g/mol. The second-order valence-electron chi connectivity index (χ2n) is 3.51. The van der Waals surface area contributed by atoms with Gasteiger partial charge in [-0.15, -0.1) is 0 Å². The molecule has 0 heterocycles. The Morgan fingerprint density at radius 3 is 2.57 bits per heavy atom. The second kappa shape index (κ2) is 3.66. The first-order valence-corrected chi connectivity index (χ1v) is 4.76. The molecule has 1 aliphatic rings. The average molecular weight is 188 g/mol. The first kappa shape index (κ1) is 9.00. The Bertz CT molecular complexity index is 391. The predicted molar refractivity (Wildman–Crippen MR) is 54.2 cm³/mol. The van der Waals surface area contributed by atoms with Crippen molar-refractivity contribution in [3.63, 3.8) is 0 Å². The molecule has 14 heavy (non-hydrogen) atoms. The van der Waals surface area contributed by atoms with E-state index >= 15 is 0 Å². The Kier molecular flexibility index (Phi) is 2.35. The first-order chi connectivity index (χ1) is 6.77. The van der Waals surface area contributed by atoms with E-state index < -0.39 is 5.97 Å². The van der Waals surface area contributed by atoms with Crippen LogP contribution in [-0.4, -0.2) is 11.1 Å². The quantitative estimate of drug-likeness (QED) is 0.733. The van der Waals surface area contributed by atoms with Gasteiger partial charge in [-0.25, -0.2) is 4.79 Å². The standard InChI is InChI=1S/C12H12O2/c13-12(14)11-7-5-9-3-1-2-4-10(9)6-8-11/h1-4,7H,5-6,8H2,(H,13,14). The summed E-state index contributed by atoms with van der Waals surface area (Å²) in [5.74, 6) is -0.780. The van der Waals surface area contributed by atoms with Crippen molar-refractivity contribution in [1.82, 2.24) is 0 Å². The van der Waals surface area contributed by atoms with Crippen LogP contribution in [-0.2, 0) is 17.6 Å². The van der Waals surface area contributed by atoms with E-state index in [2.05, 4.69) is 12.1 Å². The van der Waals surface area contributed by atoms with Crippen molar-refractivity contribution in [3.05, 3.63) is 47.0 Å². The zero-order valence-corrected chi connectivity index (χ0v) is 7.86. The molecule has 0 amide bonds. The van der Waals surface area contributed by atoms with Gasteiger partial charge in [0.25, 0.3) is 0 Å². The summed E-state index contributed by atoms with van der Waals surface area (Å²) in [5, 5.41) is 8.87. The van der Waals surface area contributed by atoms with Crippen LogP contribution in [0.25, 0.3) is 0 Å². The highest BCUT2D eigenvalue weighted by molar-refractivity contribution is 5.86. The third-order valence-corrected chi connectivity index (χ3v) is 2.63. The van der Waals surface area contributed by atoms with E-state index in [1.165, 1.54) is 11.1 Å². The number of allylic oxidation sites excluding steroid dienone is 1. The molecule has 0 atom stereocenters. The van der Waals surface area contributed by atoms with Crippen molar-refractivity contribution < 1.29 is 9.90 Å². The topological polar surface area (TPSA) is 37.3 Å². The van der Waals surface area contributed by atoms with Crippen molar-refractivity contribution in [2.24, 2.45) is 0 Å². The van der Waals surface area contributed by atoms with Crippen LogP contribution in [0.3, 0.4) is 0 Å². The Balaban J connectivity index is 2.28. The van der Waals surface area contributed by atoms with E-state index in [4.69, 9.17) is 5.11 Å². The number of aryl methyl sites for hydroxylation is 1. The molecular formula is C12H12O2. The lowest BCUT2D eigenvalue weighted by atomic mass is 10.0. The summed E-state index contributed by atoms with van der Waals surface area (Å²) in [5.41, 5.74) is 3.07. The van der Waals surface area contributed by atoms with E-state index in [0.717, 1.165) is 12.8 Å². The van der Waals surface area contributed by atoms with Crippen LogP contribution in [0, 0.1) is 0 Å². The molecule has 0 saturated carbocycles. The number of aliphatic carboxylic acids is 1. The lowest BCUT2D eigenvalue weighted by molar-refractivity contribution is -0.132. The van der Waals surface area contributed by atoms with Crippen LogP contribution >= 0.6 is 0 Å². The third kappa shape index (κ3) is 1.69. The summed E-state index contributed by atoms with van der Waals surface area (Å²) in [6, 6.07) is 8.15. The van der Waals surface area contributed by atoms with Crippen molar-refractivity contribution in [2.45, 2.75) is 19.3 Å². The molecule has 0 saturated heterocycles. The van der Waals surface area contributed by atoms with E-state index in [1.54, 1.807) is 0 Å². The molecule has 2 rings (SSSR count). The van der Waals surface area contributed by atoms with E-state index in [0.29, 0.717) is 12.0 Å². The molecule has 0 fully saturated rings. The van der Waals surface area contributed by atoms with Crippen LogP contribution in [0.1, 0.15) is 17.5 Å². The van der Waals surface area contributed by atoms with Gasteiger partial charge in [0.1, 0.15) is 0 Å². The lowest BCUT2D eigenvalue weighted by Crippen LogP contribution is -2.00. The maximum Gasteiger partial charge on any atom is 0.331 e. The van der Waals surface area contributed by atoms with Gasteiger partial charge in [0, 0.05) is 5.57 Å². The summed E-state index contributed by atoms with van der Waals surface area (Å²) in [7, 11) is 0. The van der Waals surface area contributed by atoms with Crippen molar-refractivity contribution in [3.8, 4) is 0 Å². The maximum absolute atomic E-state index is 10.8. The maximum atomic E-state index is 10.8. The van der Waals surface area contributed by atoms with E-state index in [9.17, 15) is 4.79 Å². The average Bonchev–Trinajstić information content (AvgIpc) is 2.39. The summed E-state index contributed by atoms with van der Waals surface area (Å²) < 4.78 is 0. The lowest BCUT2D eigenvalue weighted by Gasteiger charge is -2.02. The second-order valence-corrected chi connectivity index (χ2v) is 3.51. The number of carboxylic acids is 1. The van der Waals surface area contributed by atoms with Gasteiger partial charge in [0.2, 0.25) is 0 Å². The minimum absolute atomic E-state index is 0.543. The summed E-state index contributed by atoms with van der Waals surface area (Å²) >= 11 is 0. The fourth-order valence-corrected chi connectivity index (χ4v) is 1.80. The molecule has 1 N–H and O–H groups in total. The van der Waals surface area contributed by atoms with Gasteiger partial charge in [-0.1, -0.05) is 30.3 Å². The molecule has 0 aliphatic heterocycles. The zero-order valence-electron chi connectivity index (χ0n) is 7.86.